The molecule has 0 atom stereocenters. The summed E-state index contributed by atoms with van der Waals surface area (Å²) in [4.78, 5) is 37.9. The van der Waals surface area contributed by atoms with Crippen molar-refractivity contribution in [2.24, 2.45) is 0 Å². The molecule has 0 bridgehead atoms. The Balaban J connectivity index is 1.72. The maximum atomic E-state index is 13.4. The lowest BCUT2D eigenvalue weighted by Gasteiger charge is -2.29. The smallest absolute Gasteiger partial charge is 0.270 e. The molecule has 4 rings (SSSR count). The Hall–Kier alpha value is -4.31. The number of ether oxygens (including phenoxy) is 1. The van der Waals surface area contributed by atoms with E-state index in [-0.39, 0.29) is 16.4 Å². The van der Waals surface area contributed by atoms with Gasteiger partial charge in [-0.05, 0) is 75.0 Å². The number of hydrogen-bond donors (Lipinski definition) is 1. The first-order chi connectivity index (χ1) is 16.7. The number of anilines is 1. The number of amides is 2. The van der Waals surface area contributed by atoms with E-state index in [4.69, 9.17) is 17.0 Å². The highest BCUT2D eigenvalue weighted by Crippen LogP contribution is 2.28. The number of nitrogens with one attached hydrogen (secondary N) is 1. The van der Waals surface area contributed by atoms with Crippen LogP contribution in [0.15, 0.2) is 60.2 Å². The predicted octanol–water partition coefficient (Wildman–Crippen LogP) is 4.23. The molecule has 0 aliphatic carbocycles. The van der Waals surface area contributed by atoms with Crippen LogP contribution in [0.4, 0.5) is 11.4 Å². The molecule has 0 saturated carbocycles. The quantitative estimate of drug-likeness (QED) is 0.182. The van der Waals surface area contributed by atoms with E-state index in [2.05, 4.69) is 5.32 Å². The Morgan fingerprint density at radius 2 is 1.80 bits per heavy atom. The van der Waals surface area contributed by atoms with E-state index in [1.807, 2.05) is 31.4 Å². The van der Waals surface area contributed by atoms with Crippen LogP contribution >= 0.6 is 12.2 Å². The zero-order valence-corrected chi connectivity index (χ0v) is 20.1. The second-order valence-electron chi connectivity index (χ2n) is 7.82. The zero-order chi connectivity index (χ0) is 25.3. The molecule has 178 valence electrons. The SMILES string of the molecule is CCOc1cccc(N2C(=O)/C(=C\c3cc(C)n(-c4ccc([N+](=O)[O-])cc4)c3C)C(=O)NC2=S)c1. The summed E-state index contributed by atoms with van der Waals surface area (Å²) >= 11 is 5.29. The fourth-order valence-electron chi connectivity index (χ4n) is 3.98. The number of thiocarbonyl (C=S) groups is 1. The van der Waals surface area contributed by atoms with Crippen LogP contribution in [-0.4, -0.2) is 33.0 Å². The highest BCUT2D eigenvalue weighted by molar-refractivity contribution is 7.80. The van der Waals surface area contributed by atoms with Crippen LogP contribution in [-0.2, 0) is 9.59 Å². The van der Waals surface area contributed by atoms with Gasteiger partial charge in [0.1, 0.15) is 11.3 Å². The molecule has 9 nitrogen and oxygen atoms in total. The lowest BCUT2D eigenvalue weighted by atomic mass is 10.1. The molecule has 1 aromatic heterocycles. The molecule has 1 saturated heterocycles. The Morgan fingerprint density at radius 3 is 2.46 bits per heavy atom. The van der Waals surface area contributed by atoms with Crippen molar-refractivity contribution >= 4 is 46.6 Å². The number of hydrogen-bond acceptors (Lipinski definition) is 6. The van der Waals surface area contributed by atoms with Crippen LogP contribution in [0.5, 0.6) is 5.75 Å². The van der Waals surface area contributed by atoms with Crippen molar-refractivity contribution in [3.05, 3.63) is 87.2 Å². The van der Waals surface area contributed by atoms with Crippen LogP contribution in [0.25, 0.3) is 11.8 Å². The average molecular weight is 491 g/mol. The molecule has 1 fully saturated rings. The molecular weight excluding hydrogens is 468 g/mol. The minimum atomic E-state index is -0.586. The summed E-state index contributed by atoms with van der Waals surface area (Å²) in [6.07, 6.45) is 1.53. The van der Waals surface area contributed by atoms with Crippen molar-refractivity contribution in [1.82, 2.24) is 9.88 Å². The van der Waals surface area contributed by atoms with E-state index in [0.29, 0.717) is 23.6 Å². The third-order valence-electron chi connectivity index (χ3n) is 5.58. The zero-order valence-electron chi connectivity index (χ0n) is 19.3. The van der Waals surface area contributed by atoms with Crippen molar-refractivity contribution in [3.63, 3.8) is 0 Å². The molecule has 1 aliphatic rings. The fourth-order valence-corrected chi connectivity index (χ4v) is 4.26. The van der Waals surface area contributed by atoms with Gasteiger partial charge in [0, 0.05) is 35.3 Å². The maximum absolute atomic E-state index is 13.4. The average Bonchev–Trinajstić information content (AvgIpc) is 3.09. The Kier molecular flexibility index (Phi) is 6.48. The maximum Gasteiger partial charge on any atom is 0.270 e. The van der Waals surface area contributed by atoms with Crippen molar-refractivity contribution in [3.8, 4) is 11.4 Å². The Bertz CT molecular complexity index is 1390. The lowest BCUT2D eigenvalue weighted by molar-refractivity contribution is -0.384. The number of non-ortho nitro benzene ring substituents is 1. The van der Waals surface area contributed by atoms with Gasteiger partial charge in [-0.2, -0.15) is 0 Å². The third-order valence-corrected chi connectivity index (χ3v) is 5.86. The molecule has 35 heavy (non-hydrogen) atoms. The first kappa shape index (κ1) is 23.8. The van der Waals surface area contributed by atoms with Gasteiger partial charge in [-0.3, -0.25) is 29.9 Å². The molecule has 0 unspecified atom stereocenters. The van der Waals surface area contributed by atoms with Crippen molar-refractivity contribution in [1.29, 1.82) is 0 Å². The minimum Gasteiger partial charge on any atom is -0.494 e. The number of carbonyl (C=O) groups is 2. The largest absolute Gasteiger partial charge is 0.494 e. The van der Waals surface area contributed by atoms with Gasteiger partial charge in [-0.25, -0.2) is 0 Å². The summed E-state index contributed by atoms with van der Waals surface area (Å²) in [6.45, 7) is 6.05. The second-order valence-corrected chi connectivity index (χ2v) is 8.21. The van der Waals surface area contributed by atoms with Gasteiger partial charge in [-0.15, -0.1) is 0 Å². The molecule has 3 aromatic rings. The molecule has 2 aromatic carbocycles. The van der Waals surface area contributed by atoms with Crippen LogP contribution in [0.3, 0.4) is 0 Å². The van der Waals surface area contributed by atoms with Gasteiger partial charge in [0.2, 0.25) is 0 Å². The second kappa shape index (κ2) is 9.51. The van der Waals surface area contributed by atoms with Gasteiger partial charge < -0.3 is 9.30 Å². The Morgan fingerprint density at radius 1 is 1.09 bits per heavy atom. The van der Waals surface area contributed by atoms with Crippen molar-refractivity contribution in [2.75, 3.05) is 11.5 Å². The summed E-state index contributed by atoms with van der Waals surface area (Å²) in [5, 5.41) is 13.5. The summed E-state index contributed by atoms with van der Waals surface area (Å²) < 4.78 is 7.42. The van der Waals surface area contributed by atoms with Gasteiger partial charge in [0.15, 0.2) is 5.11 Å². The van der Waals surface area contributed by atoms with Gasteiger partial charge in [-0.1, -0.05) is 6.07 Å². The van der Waals surface area contributed by atoms with E-state index in [0.717, 1.165) is 17.1 Å². The van der Waals surface area contributed by atoms with Crippen LogP contribution in [0, 0.1) is 24.0 Å². The predicted molar refractivity (Wildman–Crippen MR) is 136 cm³/mol. The van der Waals surface area contributed by atoms with E-state index in [1.165, 1.54) is 23.1 Å². The number of aryl methyl sites for hydroxylation is 1. The fraction of sp³-hybridized carbons (Fsp3) is 0.160. The number of nitrogens with zero attached hydrogens (tertiary/aromatic N) is 3. The molecule has 0 spiro atoms. The topological polar surface area (TPSA) is 107 Å². The van der Waals surface area contributed by atoms with Crippen molar-refractivity contribution < 1.29 is 19.2 Å². The van der Waals surface area contributed by atoms with E-state index in [1.54, 1.807) is 36.4 Å². The molecule has 1 N–H and O–H groups in total. The monoisotopic (exact) mass is 490 g/mol. The lowest BCUT2D eigenvalue weighted by Crippen LogP contribution is -2.54. The molecule has 0 radical (unpaired) electrons. The molecule has 10 heteroatoms. The number of carbonyl (C=O) groups excluding carboxylic acids is 2. The number of rotatable bonds is 6. The highest BCUT2D eigenvalue weighted by atomic mass is 32.1. The van der Waals surface area contributed by atoms with Crippen LogP contribution in [0.1, 0.15) is 23.9 Å². The van der Waals surface area contributed by atoms with Crippen LogP contribution < -0.4 is 15.0 Å². The third kappa shape index (κ3) is 4.56. The van der Waals surface area contributed by atoms with Gasteiger partial charge in [0.05, 0.1) is 17.2 Å². The molecule has 2 heterocycles. The molecule has 2 amide bonds. The van der Waals surface area contributed by atoms with Gasteiger partial charge >= 0.3 is 0 Å². The summed E-state index contributed by atoms with van der Waals surface area (Å²) in [5.74, 6) is -0.556. The van der Waals surface area contributed by atoms with E-state index < -0.39 is 16.7 Å². The van der Waals surface area contributed by atoms with E-state index >= 15 is 0 Å². The number of nitro groups is 1. The minimum absolute atomic E-state index is 0.00695. The number of nitro benzene ring substituents is 1. The first-order valence-electron chi connectivity index (χ1n) is 10.8. The summed E-state index contributed by atoms with van der Waals surface area (Å²) in [5.41, 5.74) is 3.40. The number of aromatic nitrogens is 1. The molecule has 1 aliphatic heterocycles. The van der Waals surface area contributed by atoms with Gasteiger partial charge in [0.25, 0.3) is 17.5 Å². The Labute approximate surface area is 206 Å². The van der Waals surface area contributed by atoms with E-state index in [9.17, 15) is 19.7 Å². The van der Waals surface area contributed by atoms with Crippen LogP contribution in [0.2, 0.25) is 0 Å². The molecular formula is C25H22N4O5S. The summed E-state index contributed by atoms with van der Waals surface area (Å²) in [7, 11) is 0. The highest BCUT2D eigenvalue weighted by Gasteiger charge is 2.35. The first-order valence-corrected chi connectivity index (χ1v) is 11.2. The summed E-state index contributed by atoms with van der Waals surface area (Å²) in [6, 6.07) is 14.9. The standard InChI is InChI=1S/C25H22N4O5S/c1-4-34-21-7-5-6-20(14-21)28-24(31)22(23(30)26-25(28)35)13-17-12-15(2)27(16(17)3)18-8-10-19(11-9-18)29(32)33/h5-14H,4H2,1-3H3,(H,26,30,35)/b22-13-. The normalized spacial score (nSPS) is 14.9. The van der Waals surface area contributed by atoms with Crippen molar-refractivity contribution in [2.45, 2.75) is 20.8 Å². The number of benzene rings is 2.